The summed E-state index contributed by atoms with van der Waals surface area (Å²) < 4.78 is 42.2. The third kappa shape index (κ3) is 5.45. The summed E-state index contributed by atoms with van der Waals surface area (Å²) in [5, 5.41) is 7.86. The van der Waals surface area contributed by atoms with E-state index >= 15 is 0 Å². The van der Waals surface area contributed by atoms with Crippen molar-refractivity contribution in [1.29, 1.82) is 0 Å². The highest BCUT2D eigenvalue weighted by Gasteiger charge is 2.39. The van der Waals surface area contributed by atoms with Crippen molar-refractivity contribution in [3.63, 3.8) is 0 Å². The van der Waals surface area contributed by atoms with E-state index in [0.29, 0.717) is 30.0 Å². The van der Waals surface area contributed by atoms with Gasteiger partial charge in [0.2, 0.25) is 5.91 Å². The Hall–Kier alpha value is -2.83. The Balaban J connectivity index is 1.44. The molecule has 1 aromatic heterocycles. The first kappa shape index (κ1) is 24.3. The average Bonchev–Trinajstić information content (AvgIpc) is 3.39. The molecule has 0 aliphatic carbocycles. The second kappa shape index (κ2) is 9.80. The summed E-state index contributed by atoms with van der Waals surface area (Å²) in [5.74, 6) is -2.37. The maximum Gasteiger partial charge on any atom is 0.254 e. The lowest BCUT2D eigenvalue weighted by atomic mass is 9.97. The first-order chi connectivity index (χ1) is 16.1. The molecular formula is C22H25F2N5O4S. The second-order valence-corrected chi connectivity index (χ2v) is 9.46. The molecule has 12 heteroatoms. The summed E-state index contributed by atoms with van der Waals surface area (Å²) >= 11 is 1.27. The molecule has 0 radical (unpaired) electrons. The Morgan fingerprint density at radius 3 is 2.62 bits per heavy atom. The van der Waals surface area contributed by atoms with E-state index < -0.39 is 29.4 Å². The average molecular weight is 494 g/mol. The SMILES string of the molecule is CC1(C)OCC(C(=O)N2CC=C(c3c(F)cc(-n4cc(CSCC(N)=O)nn4)cc3F)CC2)O1. The van der Waals surface area contributed by atoms with Crippen molar-refractivity contribution in [3.05, 3.63) is 47.3 Å². The van der Waals surface area contributed by atoms with Gasteiger partial charge >= 0.3 is 0 Å². The molecule has 0 bridgehead atoms. The molecule has 3 heterocycles. The molecule has 34 heavy (non-hydrogen) atoms. The number of nitrogens with two attached hydrogens (primary N) is 1. The monoisotopic (exact) mass is 493 g/mol. The second-order valence-electron chi connectivity index (χ2n) is 8.48. The molecule has 4 rings (SSSR count). The number of nitrogens with zero attached hydrogens (tertiary/aromatic N) is 4. The van der Waals surface area contributed by atoms with E-state index in [2.05, 4.69) is 10.3 Å². The van der Waals surface area contributed by atoms with Gasteiger partial charge in [0, 0.05) is 36.5 Å². The zero-order valence-corrected chi connectivity index (χ0v) is 19.6. The highest BCUT2D eigenvalue weighted by molar-refractivity contribution is 7.99. The summed E-state index contributed by atoms with van der Waals surface area (Å²) in [6, 6.07) is 2.38. The van der Waals surface area contributed by atoms with Crippen LogP contribution in [0.1, 0.15) is 31.5 Å². The minimum Gasteiger partial charge on any atom is -0.369 e. The topological polar surface area (TPSA) is 113 Å². The van der Waals surface area contributed by atoms with Gasteiger partial charge in [0.1, 0.15) is 11.6 Å². The van der Waals surface area contributed by atoms with Crippen LogP contribution in [0.4, 0.5) is 8.78 Å². The number of hydrogen-bond donors (Lipinski definition) is 1. The van der Waals surface area contributed by atoms with Gasteiger partial charge < -0.3 is 20.1 Å². The van der Waals surface area contributed by atoms with E-state index in [9.17, 15) is 18.4 Å². The number of halogens is 2. The van der Waals surface area contributed by atoms with E-state index in [1.165, 1.54) is 28.6 Å². The fraction of sp³-hybridized carbons (Fsp3) is 0.455. The third-order valence-corrected chi connectivity index (χ3v) is 6.44. The maximum absolute atomic E-state index is 15.0. The highest BCUT2D eigenvalue weighted by atomic mass is 32.2. The van der Waals surface area contributed by atoms with Gasteiger partial charge in [-0.05, 0) is 25.8 Å². The quantitative estimate of drug-likeness (QED) is 0.628. The number of carbonyl (C=O) groups excluding carboxylic acids is 2. The van der Waals surface area contributed by atoms with Crippen molar-refractivity contribution in [2.75, 3.05) is 25.4 Å². The van der Waals surface area contributed by atoms with Gasteiger partial charge in [-0.3, -0.25) is 9.59 Å². The van der Waals surface area contributed by atoms with E-state index in [0.717, 1.165) is 0 Å². The molecule has 9 nitrogen and oxygen atoms in total. The van der Waals surface area contributed by atoms with Gasteiger partial charge in [0.25, 0.3) is 5.91 Å². The summed E-state index contributed by atoms with van der Waals surface area (Å²) in [6.07, 6.45) is 2.83. The molecule has 2 aromatic rings. The van der Waals surface area contributed by atoms with E-state index in [4.69, 9.17) is 15.2 Å². The fourth-order valence-electron chi connectivity index (χ4n) is 3.85. The van der Waals surface area contributed by atoms with Crippen molar-refractivity contribution >= 4 is 29.1 Å². The smallest absolute Gasteiger partial charge is 0.254 e. The van der Waals surface area contributed by atoms with Crippen molar-refractivity contribution < 1.29 is 27.8 Å². The lowest BCUT2D eigenvalue weighted by Crippen LogP contribution is -2.43. The van der Waals surface area contributed by atoms with E-state index in [1.54, 1.807) is 31.0 Å². The fourth-order valence-corrected chi connectivity index (χ4v) is 4.50. The van der Waals surface area contributed by atoms with Crippen LogP contribution in [0.5, 0.6) is 0 Å². The van der Waals surface area contributed by atoms with Gasteiger partial charge in [-0.25, -0.2) is 13.5 Å². The Morgan fingerprint density at radius 1 is 1.29 bits per heavy atom. The molecular weight excluding hydrogens is 468 g/mol. The number of primary amides is 1. The van der Waals surface area contributed by atoms with Crippen molar-refractivity contribution in [2.24, 2.45) is 5.73 Å². The number of ether oxygens (including phenoxy) is 2. The largest absolute Gasteiger partial charge is 0.369 e. The molecule has 0 spiro atoms. The lowest BCUT2D eigenvalue weighted by molar-refractivity contribution is -0.159. The lowest BCUT2D eigenvalue weighted by Gasteiger charge is -2.29. The molecule has 182 valence electrons. The molecule has 2 amide bonds. The van der Waals surface area contributed by atoms with Crippen molar-refractivity contribution in [3.8, 4) is 5.69 Å². The number of carbonyl (C=O) groups is 2. The minimum atomic E-state index is -0.807. The number of amides is 2. The minimum absolute atomic E-state index is 0.116. The number of hydrogen-bond acceptors (Lipinski definition) is 7. The van der Waals surface area contributed by atoms with E-state index in [-0.39, 0.29) is 36.1 Å². The van der Waals surface area contributed by atoms with Gasteiger partial charge in [0.15, 0.2) is 11.9 Å². The summed E-state index contributed by atoms with van der Waals surface area (Å²) in [4.78, 5) is 25.1. The molecule has 1 aromatic carbocycles. The van der Waals surface area contributed by atoms with Crippen LogP contribution in [0.2, 0.25) is 0 Å². The van der Waals surface area contributed by atoms with Crippen molar-refractivity contribution in [1.82, 2.24) is 19.9 Å². The van der Waals surface area contributed by atoms with Crippen LogP contribution in [0.15, 0.2) is 24.4 Å². The first-order valence-electron chi connectivity index (χ1n) is 10.7. The molecule has 0 saturated carbocycles. The number of benzene rings is 1. The molecule has 1 atom stereocenters. The van der Waals surface area contributed by atoms with Crippen LogP contribution in [0.3, 0.4) is 0 Å². The molecule has 1 saturated heterocycles. The maximum atomic E-state index is 15.0. The van der Waals surface area contributed by atoms with Crippen LogP contribution in [-0.4, -0.2) is 69.0 Å². The van der Waals surface area contributed by atoms with Gasteiger partial charge in [-0.2, -0.15) is 0 Å². The summed E-state index contributed by atoms with van der Waals surface area (Å²) in [5.41, 5.74) is 6.22. The van der Waals surface area contributed by atoms with Crippen LogP contribution in [0.25, 0.3) is 11.3 Å². The third-order valence-electron chi connectivity index (χ3n) is 5.45. The molecule has 1 unspecified atom stereocenters. The normalized spacial score (nSPS) is 19.8. The predicted molar refractivity (Wildman–Crippen MR) is 121 cm³/mol. The van der Waals surface area contributed by atoms with Crippen LogP contribution in [-0.2, 0) is 24.8 Å². The van der Waals surface area contributed by atoms with Crippen LogP contribution in [0, 0.1) is 11.6 Å². The first-order valence-corrected chi connectivity index (χ1v) is 11.8. The van der Waals surface area contributed by atoms with Crippen molar-refractivity contribution in [2.45, 2.75) is 37.9 Å². The number of aromatic nitrogens is 3. The zero-order valence-electron chi connectivity index (χ0n) is 18.8. The molecule has 2 aliphatic heterocycles. The Bertz CT molecular complexity index is 1110. The Kier molecular flexibility index (Phi) is 7.01. The number of rotatable bonds is 7. The zero-order chi connectivity index (χ0) is 24.5. The van der Waals surface area contributed by atoms with Gasteiger partial charge in [-0.1, -0.05) is 11.3 Å². The van der Waals surface area contributed by atoms with Gasteiger partial charge in [-0.15, -0.1) is 16.9 Å². The standard InChI is InChI=1S/C22H25F2N5O4S/c1-22(2)32-10-18(33-22)21(31)28-5-3-13(4-6-28)20-16(23)7-15(8-17(20)24)29-9-14(26-27-29)11-34-12-19(25)30/h3,7-9,18H,4-6,10-12H2,1-2H3,(H2,25,30). The summed E-state index contributed by atoms with van der Waals surface area (Å²) in [6.45, 7) is 4.21. The highest BCUT2D eigenvalue weighted by Crippen LogP contribution is 2.30. The molecule has 2 N–H and O–H groups in total. The van der Waals surface area contributed by atoms with Crippen LogP contribution < -0.4 is 5.73 Å². The van der Waals surface area contributed by atoms with Crippen LogP contribution >= 0.6 is 11.8 Å². The Morgan fingerprint density at radius 2 is 2.03 bits per heavy atom. The van der Waals surface area contributed by atoms with Gasteiger partial charge in [0.05, 0.1) is 29.9 Å². The molecule has 2 aliphatic rings. The predicted octanol–water partition coefficient (Wildman–Crippen LogP) is 2.03. The van der Waals surface area contributed by atoms with E-state index in [1.807, 2.05) is 0 Å². The Labute approximate surface area is 199 Å². The number of thioether (sulfide) groups is 1. The summed E-state index contributed by atoms with van der Waals surface area (Å²) in [7, 11) is 0. The molecule has 1 fully saturated rings.